The molecule has 5 rings (SSSR count). The molecule has 1 N–H and O–H groups in total. The maximum absolute atomic E-state index is 13.4. The first-order valence-corrected chi connectivity index (χ1v) is 10.6. The van der Waals surface area contributed by atoms with Crippen molar-refractivity contribution in [1.82, 2.24) is 29.7 Å². The van der Waals surface area contributed by atoms with Gasteiger partial charge in [0.05, 0.1) is 11.3 Å². The van der Waals surface area contributed by atoms with Gasteiger partial charge < -0.3 is 5.32 Å². The Labute approximate surface area is 189 Å². The first kappa shape index (κ1) is 20.6. The van der Waals surface area contributed by atoms with Crippen molar-refractivity contribution in [1.29, 1.82) is 0 Å². The minimum atomic E-state index is -0.330. The Kier molecular flexibility index (Phi) is 5.40. The number of carbonyl (C=O) groups is 1. The number of aromatic nitrogens is 5. The Bertz CT molecular complexity index is 1420. The maximum atomic E-state index is 13.4. The molecule has 1 amide bonds. The number of nitrogens with zero attached hydrogens (tertiary/aromatic N) is 5. The van der Waals surface area contributed by atoms with E-state index in [1.165, 1.54) is 12.1 Å². The summed E-state index contributed by atoms with van der Waals surface area (Å²) >= 11 is 0. The summed E-state index contributed by atoms with van der Waals surface area (Å²) in [4.78, 5) is 13.1. The Morgan fingerprint density at radius 2 is 1.79 bits per heavy atom. The second-order valence-corrected chi connectivity index (χ2v) is 7.73. The number of halogens is 1. The normalized spacial score (nSPS) is 11.1. The second kappa shape index (κ2) is 8.66. The summed E-state index contributed by atoms with van der Waals surface area (Å²) in [7, 11) is 0. The molecule has 8 heteroatoms. The van der Waals surface area contributed by atoms with Gasteiger partial charge in [-0.3, -0.25) is 9.20 Å². The summed E-state index contributed by atoms with van der Waals surface area (Å²) in [5.41, 5.74) is 4.37. The molecule has 0 radical (unpaired) electrons. The quantitative estimate of drug-likeness (QED) is 0.433. The number of aryl methyl sites for hydroxylation is 1. The van der Waals surface area contributed by atoms with Gasteiger partial charge in [-0.15, -0.1) is 10.2 Å². The smallest absolute Gasteiger partial charge is 0.255 e. The van der Waals surface area contributed by atoms with Gasteiger partial charge in [0.1, 0.15) is 17.3 Å². The number of fused-ring (bicyclic) bond motifs is 1. The predicted octanol–water partition coefficient (Wildman–Crippen LogP) is 4.00. The molecule has 5 aromatic rings. The first-order chi connectivity index (χ1) is 16.1. The zero-order valence-electron chi connectivity index (χ0n) is 17.9. The van der Waals surface area contributed by atoms with Crippen LogP contribution in [0.15, 0.2) is 79.1 Å². The third-order valence-corrected chi connectivity index (χ3v) is 5.39. The van der Waals surface area contributed by atoms with Gasteiger partial charge in [0.15, 0.2) is 5.65 Å². The fourth-order valence-corrected chi connectivity index (χ4v) is 3.64. The van der Waals surface area contributed by atoms with E-state index in [0.29, 0.717) is 29.9 Å². The van der Waals surface area contributed by atoms with Gasteiger partial charge in [0, 0.05) is 30.9 Å². The van der Waals surface area contributed by atoms with Crippen molar-refractivity contribution in [2.45, 2.75) is 13.3 Å². The number of hydrogen-bond acceptors (Lipinski definition) is 4. The summed E-state index contributed by atoms with van der Waals surface area (Å²) < 4.78 is 16.9. The minimum Gasteiger partial charge on any atom is -0.351 e. The summed E-state index contributed by atoms with van der Waals surface area (Å²) in [5.74, 6) is 0.197. The van der Waals surface area contributed by atoms with Gasteiger partial charge in [-0.1, -0.05) is 35.9 Å². The van der Waals surface area contributed by atoms with Crippen LogP contribution in [0.4, 0.5) is 4.39 Å². The Hall–Kier alpha value is -4.33. The summed E-state index contributed by atoms with van der Waals surface area (Å²) in [6.45, 7) is 2.40. The number of nitrogens with one attached hydrogen (secondary N) is 1. The van der Waals surface area contributed by atoms with Crippen LogP contribution in [-0.2, 0) is 6.42 Å². The lowest BCUT2D eigenvalue weighted by Gasteiger charge is -2.05. The topological polar surface area (TPSA) is 77.1 Å². The standard InChI is InChI=1S/C25H21FN6O/c1-17-5-7-18(8-6-17)24-21(16-32(30-24)20-11-9-19(26)10-12-20)25(33)27-14-13-23-29-28-22-4-2-3-15-31(22)23/h2-12,15-16H,13-14H2,1H3,(H,27,33). The molecular weight excluding hydrogens is 419 g/mol. The molecule has 2 aromatic carbocycles. The molecule has 0 saturated heterocycles. The highest BCUT2D eigenvalue weighted by Crippen LogP contribution is 2.24. The van der Waals surface area contributed by atoms with Crippen molar-refractivity contribution in [3.63, 3.8) is 0 Å². The molecule has 33 heavy (non-hydrogen) atoms. The monoisotopic (exact) mass is 440 g/mol. The van der Waals surface area contributed by atoms with Gasteiger partial charge in [-0.25, -0.2) is 9.07 Å². The van der Waals surface area contributed by atoms with Crippen molar-refractivity contribution in [3.8, 4) is 16.9 Å². The molecular formula is C25H21FN6O. The van der Waals surface area contributed by atoms with Crippen LogP contribution in [0, 0.1) is 12.7 Å². The van der Waals surface area contributed by atoms with Crippen LogP contribution in [0.5, 0.6) is 0 Å². The van der Waals surface area contributed by atoms with Gasteiger partial charge in [0.25, 0.3) is 5.91 Å². The number of amides is 1. The van der Waals surface area contributed by atoms with Crippen LogP contribution < -0.4 is 5.32 Å². The highest BCUT2D eigenvalue weighted by Gasteiger charge is 2.19. The molecule has 0 atom stereocenters. The summed E-state index contributed by atoms with van der Waals surface area (Å²) in [5, 5.41) is 15.9. The second-order valence-electron chi connectivity index (χ2n) is 7.73. The van der Waals surface area contributed by atoms with Crippen LogP contribution >= 0.6 is 0 Å². The van der Waals surface area contributed by atoms with Crippen LogP contribution in [0.1, 0.15) is 21.7 Å². The van der Waals surface area contributed by atoms with E-state index in [1.807, 2.05) is 60.0 Å². The van der Waals surface area contributed by atoms with Crippen molar-refractivity contribution in [2.75, 3.05) is 6.54 Å². The molecule has 7 nitrogen and oxygen atoms in total. The van der Waals surface area contributed by atoms with Crippen LogP contribution in [-0.4, -0.2) is 36.8 Å². The van der Waals surface area contributed by atoms with Gasteiger partial charge >= 0.3 is 0 Å². The molecule has 0 aliphatic rings. The number of pyridine rings is 1. The van der Waals surface area contributed by atoms with E-state index < -0.39 is 0 Å². The lowest BCUT2D eigenvalue weighted by Crippen LogP contribution is -2.26. The van der Waals surface area contributed by atoms with Gasteiger partial charge in [-0.2, -0.15) is 5.10 Å². The first-order valence-electron chi connectivity index (χ1n) is 10.6. The van der Waals surface area contributed by atoms with Crippen molar-refractivity contribution < 1.29 is 9.18 Å². The molecule has 164 valence electrons. The number of carbonyl (C=O) groups excluding carboxylic acids is 1. The Morgan fingerprint density at radius 1 is 1.00 bits per heavy atom. The Balaban J connectivity index is 1.40. The summed E-state index contributed by atoms with van der Waals surface area (Å²) in [6.07, 6.45) is 4.10. The average Bonchev–Trinajstić information content (AvgIpc) is 3.45. The molecule has 0 aliphatic heterocycles. The van der Waals surface area contributed by atoms with Crippen LogP contribution in [0.3, 0.4) is 0 Å². The molecule has 3 aromatic heterocycles. The molecule has 3 heterocycles. The van der Waals surface area contributed by atoms with Crippen molar-refractivity contribution in [2.24, 2.45) is 0 Å². The van der Waals surface area contributed by atoms with E-state index in [9.17, 15) is 9.18 Å². The fourth-order valence-electron chi connectivity index (χ4n) is 3.64. The highest BCUT2D eigenvalue weighted by molar-refractivity contribution is 5.99. The van der Waals surface area contributed by atoms with E-state index in [-0.39, 0.29) is 11.7 Å². The highest BCUT2D eigenvalue weighted by atomic mass is 19.1. The minimum absolute atomic E-state index is 0.243. The van der Waals surface area contributed by atoms with E-state index >= 15 is 0 Å². The van der Waals surface area contributed by atoms with Crippen molar-refractivity contribution >= 4 is 11.6 Å². The van der Waals surface area contributed by atoms with Gasteiger partial charge in [0.2, 0.25) is 0 Å². The number of benzene rings is 2. The molecule has 0 spiro atoms. The third-order valence-electron chi connectivity index (χ3n) is 5.39. The maximum Gasteiger partial charge on any atom is 0.255 e. The SMILES string of the molecule is Cc1ccc(-c2nn(-c3ccc(F)cc3)cc2C(=O)NCCc2nnc3ccccn23)cc1. The van der Waals surface area contributed by atoms with E-state index in [2.05, 4.69) is 20.6 Å². The largest absolute Gasteiger partial charge is 0.351 e. The number of hydrogen-bond donors (Lipinski definition) is 1. The third kappa shape index (κ3) is 4.23. The van der Waals surface area contributed by atoms with Crippen molar-refractivity contribution in [3.05, 3.63) is 102 Å². The molecule has 0 saturated carbocycles. The lowest BCUT2D eigenvalue weighted by molar-refractivity contribution is 0.0954. The average molecular weight is 440 g/mol. The van der Waals surface area contributed by atoms with E-state index in [1.54, 1.807) is 23.0 Å². The molecule has 0 aliphatic carbocycles. The zero-order chi connectivity index (χ0) is 22.8. The van der Waals surface area contributed by atoms with Crippen LogP contribution in [0.2, 0.25) is 0 Å². The van der Waals surface area contributed by atoms with E-state index in [4.69, 9.17) is 0 Å². The lowest BCUT2D eigenvalue weighted by atomic mass is 10.1. The molecule has 0 bridgehead atoms. The fraction of sp³-hybridized carbons (Fsp3) is 0.120. The van der Waals surface area contributed by atoms with Gasteiger partial charge in [-0.05, 0) is 43.3 Å². The van der Waals surface area contributed by atoms with E-state index in [0.717, 1.165) is 22.6 Å². The molecule has 0 unspecified atom stereocenters. The van der Waals surface area contributed by atoms with Crippen LogP contribution in [0.25, 0.3) is 22.6 Å². The Morgan fingerprint density at radius 3 is 2.58 bits per heavy atom. The number of rotatable bonds is 6. The predicted molar refractivity (Wildman–Crippen MR) is 123 cm³/mol. The zero-order valence-corrected chi connectivity index (χ0v) is 17.9. The molecule has 0 fully saturated rings. The summed E-state index contributed by atoms with van der Waals surface area (Å²) in [6, 6.07) is 19.5.